The van der Waals surface area contributed by atoms with Gasteiger partial charge in [-0.1, -0.05) is 22.9 Å². The Hall–Kier alpha value is -3.86. The molecule has 2 unspecified atom stereocenters. The van der Waals surface area contributed by atoms with Crippen LogP contribution in [0.3, 0.4) is 0 Å². The number of methoxy groups -OCH3 is 2. The number of ether oxygens (including phenoxy) is 3. The smallest absolute Gasteiger partial charge is 0.412 e. The fourth-order valence-electron chi connectivity index (χ4n) is 5.05. The molecule has 212 valence electrons. The topological polar surface area (TPSA) is 136 Å². The molecule has 1 heterocycles. The molecule has 1 aliphatic rings. The summed E-state index contributed by atoms with van der Waals surface area (Å²) in [6.07, 6.45) is 0.678. The Kier molecular flexibility index (Phi) is 8.25. The van der Waals surface area contributed by atoms with Crippen LogP contribution in [0.4, 0.5) is 16.2 Å². The number of aromatic amines is 1. The standard InChI is InChI=1S/C29H32BrN3O7/c1-14(18-9-7-15-11-16(30)12-21-22(15)23(18)24(32-21)27(36)39-6)25(34)33-20-10-8-17(13-19(20)26(35)38-5)31-28(37)40-29(2,3)4/h8,10-14,18,32H,7,9H2,1-6H3,(H,31,37)(H,33,34). The van der Waals surface area contributed by atoms with Crippen molar-refractivity contribution in [3.8, 4) is 0 Å². The molecule has 1 aromatic heterocycles. The van der Waals surface area contributed by atoms with Gasteiger partial charge in [0.1, 0.15) is 11.3 Å². The Morgan fingerprint density at radius 3 is 2.38 bits per heavy atom. The Balaban J connectivity index is 1.63. The van der Waals surface area contributed by atoms with Gasteiger partial charge in [-0.05, 0) is 81.0 Å². The summed E-state index contributed by atoms with van der Waals surface area (Å²) in [5.41, 5.74) is 2.84. The lowest BCUT2D eigenvalue weighted by Gasteiger charge is -2.28. The summed E-state index contributed by atoms with van der Waals surface area (Å²) in [4.78, 5) is 54.2. The molecular formula is C29H32BrN3O7. The number of esters is 2. The molecule has 10 nitrogen and oxygen atoms in total. The number of halogens is 1. The lowest BCUT2D eigenvalue weighted by Crippen LogP contribution is -2.29. The van der Waals surface area contributed by atoms with Gasteiger partial charge in [0.2, 0.25) is 5.91 Å². The molecule has 3 N–H and O–H groups in total. The maximum absolute atomic E-state index is 13.6. The van der Waals surface area contributed by atoms with Crippen molar-refractivity contribution in [2.75, 3.05) is 24.9 Å². The van der Waals surface area contributed by atoms with E-state index in [0.717, 1.165) is 32.9 Å². The van der Waals surface area contributed by atoms with E-state index in [1.807, 2.05) is 12.1 Å². The lowest BCUT2D eigenvalue weighted by molar-refractivity contribution is -0.120. The van der Waals surface area contributed by atoms with E-state index in [1.54, 1.807) is 33.8 Å². The SMILES string of the molecule is COC(=O)c1cc(NC(=O)OC(C)(C)C)ccc1NC(=O)C(C)C1CCc2cc(Br)cc3[nH]c(C(=O)OC)c1c23. The summed E-state index contributed by atoms with van der Waals surface area (Å²) >= 11 is 3.53. The maximum atomic E-state index is 13.6. The van der Waals surface area contributed by atoms with Gasteiger partial charge in [-0.25, -0.2) is 14.4 Å². The van der Waals surface area contributed by atoms with Crippen LogP contribution in [0.5, 0.6) is 0 Å². The fraction of sp³-hybridized carbons (Fsp3) is 0.379. The van der Waals surface area contributed by atoms with Crippen LogP contribution in [-0.4, -0.2) is 48.7 Å². The van der Waals surface area contributed by atoms with Crippen molar-refractivity contribution in [1.82, 2.24) is 4.98 Å². The second kappa shape index (κ2) is 11.3. The van der Waals surface area contributed by atoms with E-state index in [-0.39, 0.29) is 23.1 Å². The van der Waals surface area contributed by atoms with Crippen molar-refractivity contribution in [3.05, 3.63) is 57.2 Å². The molecule has 0 spiro atoms. The number of amides is 2. The zero-order chi connectivity index (χ0) is 29.4. The number of hydrogen-bond acceptors (Lipinski definition) is 7. The zero-order valence-electron chi connectivity index (χ0n) is 23.2. The lowest BCUT2D eigenvalue weighted by atomic mass is 9.76. The number of H-pyrrole nitrogens is 1. The fourth-order valence-corrected chi connectivity index (χ4v) is 5.56. The van der Waals surface area contributed by atoms with E-state index in [0.29, 0.717) is 17.8 Å². The Bertz CT molecular complexity index is 1510. The van der Waals surface area contributed by atoms with Gasteiger partial charge < -0.3 is 24.5 Å². The van der Waals surface area contributed by atoms with Crippen molar-refractivity contribution >= 4 is 62.1 Å². The Labute approximate surface area is 240 Å². The first kappa shape index (κ1) is 29.1. The van der Waals surface area contributed by atoms with Crippen molar-refractivity contribution in [1.29, 1.82) is 0 Å². The number of benzene rings is 2. The van der Waals surface area contributed by atoms with Crippen LogP contribution in [0.15, 0.2) is 34.8 Å². The molecule has 11 heteroatoms. The predicted octanol–water partition coefficient (Wildman–Crippen LogP) is 6.16. The quantitative estimate of drug-likeness (QED) is 0.224. The highest BCUT2D eigenvalue weighted by Crippen LogP contribution is 2.44. The van der Waals surface area contributed by atoms with Crippen molar-refractivity contribution < 1.29 is 33.4 Å². The Morgan fingerprint density at radius 1 is 1.02 bits per heavy atom. The van der Waals surface area contributed by atoms with Gasteiger partial charge in [0.05, 0.1) is 25.5 Å². The summed E-state index contributed by atoms with van der Waals surface area (Å²) < 4.78 is 16.1. The summed E-state index contributed by atoms with van der Waals surface area (Å²) in [6, 6.07) is 8.41. The number of nitrogens with one attached hydrogen (secondary N) is 3. The van der Waals surface area contributed by atoms with E-state index in [2.05, 4.69) is 31.5 Å². The Morgan fingerprint density at radius 2 is 1.73 bits per heavy atom. The van der Waals surface area contributed by atoms with E-state index in [4.69, 9.17) is 14.2 Å². The van der Waals surface area contributed by atoms with Crippen LogP contribution in [0.25, 0.3) is 10.9 Å². The van der Waals surface area contributed by atoms with E-state index >= 15 is 0 Å². The first-order valence-corrected chi connectivity index (χ1v) is 13.6. The minimum Gasteiger partial charge on any atom is -0.465 e. The molecule has 2 atom stereocenters. The second-order valence-corrected chi connectivity index (χ2v) is 11.6. The highest BCUT2D eigenvalue weighted by atomic mass is 79.9. The summed E-state index contributed by atoms with van der Waals surface area (Å²) in [6.45, 7) is 7.01. The number of carbonyl (C=O) groups excluding carboxylic acids is 4. The molecule has 2 aromatic carbocycles. The molecule has 2 amide bonds. The molecule has 0 radical (unpaired) electrons. The summed E-state index contributed by atoms with van der Waals surface area (Å²) in [5, 5.41) is 6.35. The average molecular weight is 614 g/mol. The van der Waals surface area contributed by atoms with Gasteiger partial charge in [-0.3, -0.25) is 10.1 Å². The van der Waals surface area contributed by atoms with Crippen LogP contribution in [0.1, 0.15) is 72.0 Å². The minimum atomic E-state index is -0.700. The van der Waals surface area contributed by atoms with E-state index < -0.39 is 29.6 Å². The largest absolute Gasteiger partial charge is 0.465 e. The molecule has 0 aliphatic heterocycles. The molecule has 0 bridgehead atoms. The zero-order valence-corrected chi connectivity index (χ0v) is 24.8. The van der Waals surface area contributed by atoms with Crippen molar-refractivity contribution in [3.63, 3.8) is 0 Å². The van der Waals surface area contributed by atoms with Crippen LogP contribution < -0.4 is 10.6 Å². The number of anilines is 2. The molecular weight excluding hydrogens is 582 g/mol. The molecule has 0 saturated carbocycles. The molecule has 40 heavy (non-hydrogen) atoms. The van der Waals surface area contributed by atoms with Gasteiger partial charge in [0.15, 0.2) is 0 Å². The predicted molar refractivity (Wildman–Crippen MR) is 154 cm³/mol. The van der Waals surface area contributed by atoms with Crippen molar-refractivity contribution in [2.45, 2.75) is 52.1 Å². The van der Waals surface area contributed by atoms with E-state index in [1.165, 1.54) is 26.4 Å². The maximum Gasteiger partial charge on any atom is 0.412 e. The monoisotopic (exact) mass is 613 g/mol. The molecule has 0 fully saturated rings. The molecule has 1 aliphatic carbocycles. The first-order chi connectivity index (χ1) is 18.8. The number of rotatable bonds is 6. The van der Waals surface area contributed by atoms with Crippen LogP contribution in [-0.2, 0) is 25.4 Å². The summed E-state index contributed by atoms with van der Waals surface area (Å²) in [7, 11) is 2.55. The molecule has 4 rings (SSSR count). The summed E-state index contributed by atoms with van der Waals surface area (Å²) in [5.74, 6) is -2.38. The second-order valence-electron chi connectivity index (χ2n) is 10.7. The highest BCUT2D eigenvalue weighted by molar-refractivity contribution is 9.10. The third-order valence-corrected chi connectivity index (χ3v) is 7.27. The normalized spacial score (nSPS) is 15.2. The van der Waals surface area contributed by atoms with Gasteiger partial charge in [0.25, 0.3) is 0 Å². The van der Waals surface area contributed by atoms with Gasteiger partial charge in [-0.15, -0.1) is 0 Å². The van der Waals surface area contributed by atoms with Gasteiger partial charge >= 0.3 is 18.0 Å². The van der Waals surface area contributed by atoms with Crippen LogP contribution in [0, 0.1) is 5.92 Å². The molecule has 0 saturated heterocycles. The number of aromatic nitrogens is 1. The molecule has 3 aromatic rings. The van der Waals surface area contributed by atoms with Crippen LogP contribution >= 0.6 is 15.9 Å². The van der Waals surface area contributed by atoms with E-state index in [9.17, 15) is 19.2 Å². The number of hydrogen-bond donors (Lipinski definition) is 3. The highest BCUT2D eigenvalue weighted by Gasteiger charge is 2.36. The number of aryl methyl sites for hydroxylation is 1. The van der Waals surface area contributed by atoms with Gasteiger partial charge in [0, 0.05) is 27.0 Å². The number of carbonyl (C=O) groups is 4. The first-order valence-electron chi connectivity index (χ1n) is 12.8. The average Bonchev–Trinajstić information content (AvgIpc) is 3.27. The minimum absolute atomic E-state index is 0.0646. The third-order valence-electron chi connectivity index (χ3n) is 6.81. The van der Waals surface area contributed by atoms with Crippen LogP contribution in [0.2, 0.25) is 0 Å². The third kappa shape index (κ3) is 5.99. The van der Waals surface area contributed by atoms with Gasteiger partial charge in [-0.2, -0.15) is 0 Å². The van der Waals surface area contributed by atoms with Crippen molar-refractivity contribution in [2.24, 2.45) is 5.92 Å².